The molecule has 0 aliphatic rings. The van der Waals surface area contributed by atoms with Crippen LogP contribution in [-0.2, 0) is 16.0 Å². The minimum Gasteiger partial charge on any atom is -0.465 e. The van der Waals surface area contributed by atoms with Crippen LogP contribution >= 0.6 is 0 Å². The molecule has 4 N–H and O–H groups in total. The van der Waals surface area contributed by atoms with E-state index >= 15 is 0 Å². The van der Waals surface area contributed by atoms with E-state index in [-0.39, 0.29) is 12.6 Å². The quantitative estimate of drug-likeness (QED) is 0.424. The van der Waals surface area contributed by atoms with Crippen molar-refractivity contribution in [2.24, 2.45) is 5.73 Å². The van der Waals surface area contributed by atoms with Crippen molar-refractivity contribution in [3.8, 4) is 0 Å². The van der Waals surface area contributed by atoms with Gasteiger partial charge in [-0.2, -0.15) is 0 Å². The molecule has 0 bridgehead atoms. The zero-order chi connectivity index (χ0) is 16.7. The van der Waals surface area contributed by atoms with E-state index in [1.165, 1.54) is 0 Å². The fourth-order valence-corrected chi connectivity index (χ4v) is 1.20. The first-order valence-corrected chi connectivity index (χ1v) is 6.29. The van der Waals surface area contributed by atoms with Gasteiger partial charge in [-0.25, -0.2) is 0 Å². The fraction of sp³-hybridized carbons (Fsp3) is 0.462. The van der Waals surface area contributed by atoms with Crippen molar-refractivity contribution in [3.63, 3.8) is 0 Å². The maximum Gasteiger partial charge on any atom is 0.323 e. The van der Waals surface area contributed by atoms with Gasteiger partial charge in [0.15, 0.2) is 0 Å². The van der Waals surface area contributed by atoms with E-state index in [2.05, 4.69) is 0 Å². The molecule has 0 heterocycles. The Bertz CT molecular complexity index is 382. The lowest BCUT2D eigenvalue weighted by atomic mass is 10.1. The van der Waals surface area contributed by atoms with E-state index < -0.39 is 11.1 Å². The first-order valence-electron chi connectivity index (χ1n) is 6.29. The Kier molecular flexibility index (Phi) is 14.3. The molecule has 0 aromatic heterocycles. The fourth-order valence-electron chi connectivity index (χ4n) is 1.20. The lowest BCUT2D eigenvalue weighted by Crippen LogP contribution is -2.34. The normalized spacial score (nSPS) is 10.1. The summed E-state index contributed by atoms with van der Waals surface area (Å²) < 4.78 is 4.81. The van der Waals surface area contributed by atoms with Crippen LogP contribution in [-0.4, -0.2) is 40.6 Å². The van der Waals surface area contributed by atoms with Gasteiger partial charge < -0.3 is 20.8 Å². The lowest BCUT2D eigenvalue weighted by Gasteiger charge is -2.09. The summed E-state index contributed by atoms with van der Waals surface area (Å²) in [5, 5.41) is 21.2. The van der Waals surface area contributed by atoms with Crippen LogP contribution in [0.3, 0.4) is 0 Å². The number of aliphatic hydroxyl groups is 1. The molecule has 0 saturated heterocycles. The number of esters is 1. The smallest absolute Gasteiger partial charge is 0.323 e. The number of aliphatic hydroxyl groups excluding tert-OH is 1. The van der Waals surface area contributed by atoms with Gasteiger partial charge in [-0.05, 0) is 25.8 Å². The zero-order valence-corrected chi connectivity index (χ0v) is 12.1. The predicted octanol–water partition coefficient (Wildman–Crippen LogP) is 0.770. The Labute approximate surface area is 123 Å². The first-order chi connectivity index (χ1) is 9.88. The van der Waals surface area contributed by atoms with Crippen molar-refractivity contribution in [1.82, 2.24) is 0 Å². The van der Waals surface area contributed by atoms with Crippen LogP contribution in [0.4, 0.5) is 0 Å². The van der Waals surface area contributed by atoms with E-state index in [9.17, 15) is 4.79 Å². The Morgan fingerprint density at radius 3 is 2.19 bits per heavy atom. The van der Waals surface area contributed by atoms with Gasteiger partial charge >= 0.3 is 5.97 Å². The molecule has 0 radical (unpaired) electrons. The highest BCUT2D eigenvalue weighted by atomic mass is 16.9. The van der Waals surface area contributed by atoms with Crippen LogP contribution in [0.1, 0.15) is 19.4 Å². The maximum atomic E-state index is 11.2. The van der Waals surface area contributed by atoms with Crippen LogP contribution in [0, 0.1) is 10.1 Å². The average Bonchev–Trinajstić information content (AvgIpc) is 2.40. The first kappa shape index (κ1) is 21.1. The number of hydrogen-bond donors (Lipinski definition) is 3. The third-order valence-electron chi connectivity index (χ3n) is 1.89. The van der Waals surface area contributed by atoms with Crippen molar-refractivity contribution in [1.29, 1.82) is 0 Å². The molecule has 0 aliphatic carbocycles. The number of carbonyl (C=O) groups is 1. The number of carbonyl (C=O) groups excluding carboxylic acids is 1. The molecule has 0 amide bonds. The van der Waals surface area contributed by atoms with Gasteiger partial charge in [0.2, 0.25) is 0 Å². The number of ether oxygens (including phenoxy) is 1. The largest absolute Gasteiger partial charge is 0.465 e. The summed E-state index contributed by atoms with van der Waals surface area (Å²) in [5.41, 5.74) is 6.71. The van der Waals surface area contributed by atoms with Crippen LogP contribution < -0.4 is 5.73 Å². The minimum absolute atomic E-state index is 0.250. The molecule has 1 aromatic carbocycles. The molecule has 8 heteroatoms. The molecular formula is C13H22N2O6. The molecule has 0 spiro atoms. The van der Waals surface area contributed by atoms with Gasteiger partial charge in [0.25, 0.3) is 5.09 Å². The molecule has 1 atom stereocenters. The summed E-state index contributed by atoms with van der Waals surface area (Å²) in [6.45, 7) is 4.08. The van der Waals surface area contributed by atoms with E-state index in [0.29, 0.717) is 13.0 Å². The maximum absolute atomic E-state index is 11.2. The number of nitrogens with zero attached hydrogens (tertiary/aromatic N) is 1. The van der Waals surface area contributed by atoms with Gasteiger partial charge in [-0.1, -0.05) is 30.3 Å². The highest BCUT2D eigenvalue weighted by Crippen LogP contribution is 2.02. The highest BCUT2D eigenvalue weighted by Gasteiger charge is 2.14. The predicted molar refractivity (Wildman–Crippen MR) is 76.3 cm³/mol. The molecule has 0 saturated carbocycles. The van der Waals surface area contributed by atoms with Gasteiger partial charge in [0.1, 0.15) is 6.04 Å². The Balaban J connectivity index is 0. The topological polar surface area (TPSA) is 136 Å². The van der Waals surface area contributed by atoms with Gasteiger partial charge in [0.05, 0.1) is 6.61 Å². The second-order valence-corrected chi connectivity index (χ2v) is 3.60. The van der Waals surface area contributed by atoms with Crippen molar-refractivity contribution in [2.75, 3.05) is 13.2 Å². The summed E-state index contributed by atoms with van der Waals surface area (Å²) in [7, 11) is 0. The van der Waals surface area contributed by atoms with E-state index in [1.54, 1.807) is 13.8 Å². The number of hydrogen-bond acceptors (Lipinski definition) is 6. The molecule has 1 aromatic rings. The van der Waals surface area contributed by atoms with Crippen molar-refractivity contribution >= 4 is 5.97 Å². The molecular weight excluding hydrogens is 280 g/mol. The van der Waals surface area contributed by atoms with E-state index in [1.807, 2.05) is 30.3 Å². The molecule has 21 heavy (non-hydrogen) atoms. The van der Waals surface area contributed by atoms with Crippen LogP contribution in [0.5, 0.6) is 0 Å². The summed E-state index contributed by atoms with van der Waals surface area (Å²) in [6.07, 6.45) is 0.527. The third-order valence-corrected chi connectivity index (χ3v) is 1.89. The summed E-state index contributed by atoms with van der Waals surface area (Å²) in [4.78, 5) is 19.6. The van der Waals surface area contributed by atoms with Crippen molar-refractivity contribution < 1.29 is 24.9 Å². The summed E-state index contributed by atoms with van der Waals surface area (Å²) >= 11 is 0. The molecule has 0 fully saturated rings. The minimum atomic E-state index is -1.50. The summed E-state index contributed by atoms with van der Waals surface area (Å²) in [6, 6.07) is 9.11. The lowest BCUT2D eigenvalue weighted by molar-refractivity contribution is -0.742. The van der Waals surface area contributed by atoms with Crippen LogP contribution in [0.15, 0.2) is 30.3 Å². The molecule has 120 valence electrons. The van der Waals surface area contributed by atoms with E-state index in [0.717, 1.165) is 5.56 Å². The SMILES string of the molecule is CCO.CCOC(=O)C(N)Cc1ccccc1.O=[N+]([O-])O. The van der Waals surface area contributed by atoms with E-state index in [4.69, 9.17) is 30.9 Å². The van der Waals surface area contributed by atoms with Gasteiger partial charge in [0, 0.05) is 6.61 Å². The van der Waals surface area contributed by atoms with Crippen LogP contribution in [0.2, 0.25) is 0 Å². The Morgan fingerprint density at radius 1 is 1.38 bits per heavy atom. The molecule has 8 nitrogen and oxygen atoms in total. The highest BCUT2D eigenvalue weighted by molar-refractivity contribution is 5.75. The Hall–Kier alpha value is -2.19. The Morgan fingerprint density at radius 2 is 1.81 bits per heavy atom. The number of benzene rings is 1. The second-order valence-electron chi connectivity index (χ2n) is 3.60. The standard InChI is InChI=1S/C11H15NO2.C2H6O.HNO3/c1-2-14-11(13)10(12)8-9-6-4-3-5-7-9;1-2-3;2-1(3)4/h3-7,10H,2,8,12H2,1H3;3H,2H2,1H3;(H,2,3,4). The second kappa shape index (κ2) is 14.2. The zero-order valence-electron chi connectivity index (χ0n) is 12.1. The number of rotatable bonds is 4. The summed E-state index contributed by atoms with van der Waals surface area (Å²) in [5.74, 6) is -0.337. The van der Waals surface area contributed by atoms with Gasteiger partial charge in [-0.15, -0.1) is 10.1 Å². The number of nitrogens with two attached hydrogens (primary N) is 1. The van der Waals surface area contributed by atoms with Gasteiger partial charge in [-0.3, -0.25) is 4.79 Å². The van der Waals surface area contributed by atoms with Crippen molar-refractivity contribution in [3.05, 3.63) is 46.0 Å². The van der Waals surface area contributed by atoms with Crippen molar-refractivity contribution in [2.45, 2.75) is 26.3 Å². The van der Waals surface area contributed by atoms with Crippen LogP contribution in [0.25, 0.3) is 0 Å². The average molecular weight is 302 g/mol. The molecule has 1 rings (SSSR count). The molecule has 1 unspecified atom stereocenters. The monoisotopic (exact) mass is 302 g/mol. The molecule has 0 aliphatic heterocycles. The third kappa shape index (κ3) is 15.8.